The maximum atomic E-state index is 13.0. The van der Waals surface area contributed by atoms with Crippen molar-refractivity contribution in [3.8, 4) is 5.75 Å². The Hall–Kier alpha value is -0.856. The van der Waals surface area contributed by atoms with Crippen LogP contribution in [0.4, 0.5) is 13.2 Å². The van der Waals surface area contributed by atoms with E-state index in [1.165, 1.54) is 3.57 Å². The summed E-state index contributed by atoms with van der Waals surface area (Å²) in [6.45, 7) is 12.2. The largest absolute Gasteiger partial charge is 0.534 e. The van der Waals surface area contributed by atoms with Crippen LogP contribution in [0.1, 0.15) is 0 Å². The minimum Gasteiger partial charge on any atom is -0.376 e. The topological polar surface area (TPSA) is 43.4 Å². The second-order valence-corrected chi connectivity index (χ2v) is 23.3. The molecule has 3 nitrogen and oxygen atoms in total. The summed E-state index contributed by atoms with van der Waals surface area (Å²) in [4.78, 5) is 0. The van der Waals surface area contributed by atoms with Crippen molar-refractivity contribution in [2.45, 2.75) is 44.8 Å². The van der Waals surface area contributed by atoms with Crippen LogP contribution in [0.25, 0.3) is 0 Å². The molecule has 29 heavy (non-hydrogen) atoms. The third kappa shape index (κ3) is 6.08. The van der Waals surface area contributed by atoms with Gasteiger partial charge in [0.25, 0.3) is 0 Å². The predicted molar refractivity (Wildman–Crippen MR) is 112 cm³/mol. The quantitative estimate of drug-likeness (QED) is 0.226. The summed E-state index contributed by atoms with van der Waals surface area (Å²) < 4.78 is 69.3. The summed E-state index contributed by atoms with van der Waals surface area (Å²) in [5.74, 6) is -0.167. The smallest absolute Gasteiger partial charge is 0.376 e. The molecule has 160 valence electrons. The van der Waals surface area contributed by atoms with Crippen LogP contribution < -0.4 is 35.8 Å². The zero-order chi connectivity index (χ0) is 22.3. The van der Waals surface area contributed by atoms with Crippen LogP contribution >= 0.6 is 0 Å². The van der Waals surface area contributed by atoms with Gasteiger partial charge in [-0.2, -0.15) is 21.6 Å². The van der Waals surface area contributed by atoms with Gasteiger partial charge in [0.05, 0.1) is 16.1 Å². The van der Waals surface area contributed by atoms with E-state index in [1.807, 2.05) is 56.0 Å². The predicted octanol–water partition coefficient (Wildman–Crippen LogP) is 1.13. The molecule has 0 atom stereocenters. The number of benzene rings is 2. The molecule has 0 spiro atoms. The molecule has 0 fully saturated rings. The summed E-state index contributed by atoms with van der Waals surface area (Å²) in [6, 6.07) is 13.5. The Kier molecular flexibility index (Phi) is 7.03. The van der Waals surface area contributed by atoms with Gasteiger partial charge in [-0.1, -0.05) is 57.5 Å². The lowest BCUT2D eigenvalue weighted by molar-refractivity contribution is -0.595. The molecule has 0 aliphatic rings. The van der Waals surface area contributed by atoms with E-state index >= 15 is 0 Å². The molecule has 2 aromatic carbocycles. The third-order valence-corrected chi connectivity index (χ3v) is 12.4. The first-order chi connectivity index (χ1) is 13.0. The van der Waals surface area contributed by atoms with Crippen molar-refractivity contribution in [3.63, 3.8) is 0 Å². The van der Waals surface area contributed by atoms with E-state index in [4.69, 9.17) is 0 Å². The molecule has 0 amide bonds. The Labute approximate surface area is 183 Å². The molecule has 2 aromatic rings. The van der Waals surface area contributed by atoms with Gasteiger partial charge in [-0.15, -0.1) is 0 Å². The highest BCUT2D eigenvalue weighted by molar-refractivity contribution is 7.88. The molecule has 0 bridgehead atoms. The molecule has 10 heteroatoms. The number of hydrogen-bond acceptors (Lipinski definition) is 3. The minimum absolute atomic E-state index is 0.167. The van der Waals surface area contributed by atoms with Crippen LogP contribution in [0, 0.1) is 7.14 Å². The van der Waals surface area contributed by atoms with E-state index in [0.717, 1.165) is 8.76 Å². The van der Waals surface area contributed by atoms with E-state index in [9.17, 15) is 21.6 Å². The van der Waals surface area contributed by atoms with E-state index in [1.54, 1.807) is 6.07 Å². The van der Waals surface area contributed by atoms with Crippen LogP contribution in [0.2, 0.25) is 39.3 Å². The second kappa shape index (κ2) is 8.35. The van der Waals surface area contributed by atoms with Crippen LogP contribution in [-0.4, -0.2) is 30.1 Å². The van der Waals surface area contributed by atoms with Gasteiger partial charge in [-0.05, 0) is 34.6 Å². The summed E-state index contributed by atoms with van der Waals surface area (Å²) in [5, 5.41) is 1.54. The summed E-state index contributed by atoms with van der Waals surface area (Å²) in [7, 11) is -9.89. The van der Waals surface area contributed by atoms with Gasteiger partial charge in [0.1, 0.15) is 5.75 Å². The number of alkyl halides is 3. The molecule has 0 unspecified atom stereocenters. The van der Waals surface area contributed by atoms with Gasteiger partial charge in [0.2, 0.25) is 0 Å². The molecule has 0 N–H and O–H groups in total. The minimum atomic E-state index is -5.72. The molecular formula is C19H25F3IO3SSi2+. The van der Waals surface area contributed by atoms with E-state index < -0.39 is 53.0 Å². The molecule has 0 heterocycles. The van der Waals surface area contributed by atoms with Gasteiger partial charge in [-0.25, -0.2) is 0 Å². The van der Waals surface area contributed by atoms with Crippen LogP contribution in [0.5, 0.6) is 5.75 Å². The van der Waals surface area contributed by atoms with Crippen molar-refractivity contribution in [3.05, 3.63) is 49.6 Å². The fourth-order valence-corrected chi connectivity index (χ4v) is 11.4. The Bertz CT molecular complexity index is 981. The highest BCUT2D eigenvalue weighted by Gasteiger charge is 2.49. The lowest BCUT2D eigenvalue weighted by atomic mass is 10.3. The molecule has 0 saturated carbocycles. The molecule has 0 aliphatic heterocycles. The molecule has 0 saturated heterocycles. The fraction of sp³-hybridized carbons (Fsp3) is 0.368. The standard InChI is InChI=1S/C19H25F3IO3SSi2/c1-28(2,3)17-13-16(26-27(24,25)19(20,21)22)18(29(4,5)6)12-15(17)23-14-10-8-7-9-11-14/h7-13H,1-6H3/q+1. The first-order valence-corrected chi connectivity index (χ1v) is 19.5. The van der Waals surface area contributed by atoms with Gasteiger partial charge < -0.3 is 4.18 Å². The highest BCUT2D eigenvalue weighted by atomic mass is 127. The molecule has 0 aromatic heterocycles. The van der Waals surface area contributed by atoms with Gasteiger partial charge in [-0.3, -0.25) is 0 Å². The van der Waals surface area contributed by atoms with Gasteiger partial charge in [0, 0.05) is 0 Å². The Morgan fingerprint density at radius 2 is 1.38 bits per heavy atom. The maximum absolute atomic E-state index is 13.0. The van der Waals surface area contributed by atoms with Crippen molar-refractivity contribution in [2.24, 2.45) is 0 Å². The number of rotatable bonds is 6. The van der Waals surface area contributed by atoms with E-state index in [0.29, 0.717) is 5.19 Å². The summed E-state index contributed by atoms with van der Waals surface area (Å²) >= 11 is -0.564. The third-order valence-electron chi connectivity index (χ3n) is 4.11. The average Bonchev–Trinajstić information content (AvgIpc) is 2.53. The maximum Gasteiger partial charge on any atom is 0.534 e. The van der Waals surface area contributed by atoms with Crippen molar-refractivity contribution >= 4 is 36.6 Å². The van der Waals surface area contributed by atoms with E-state index in [-0.39, 0.29) is 5.75 Å². The molecule has 2 rings (SSSR count). The summed E-state index contributed by atoms with van der Waals surface area (Å²) in [5.41, 5.74) is -5.46. The Balaban J connectivity index is 2.71. The normalized spacial score (nSPS) is 13.4. The highest BCUT2D eigenvalue weighted by Crippen LogP contribution is 2.27. The summed E-state index contributed by atoms with van der Waals surface area (Å²) in [6.07, 6.45) is 0. The zero-order valence-electron chi connectivity index (χ0n) is 17.2. The van der Waals surface area contributed by atoms with Crippen molar-refractivity contribution in [1.82, 2.24) is 0 Å². The fourth-order valence-electron chi connectivity index (χ4n) is 2.62. The van der Waals surface area contributed by atoms with Crippen molar-refractivity contribution in [1.29, 1.82) is 0 Å². The lowest BCUT2D eigenvalue weighted by Crippen LogP contribution is -3.62. The van der Waals surface area contributed by atoms with Crippen LogP contribution in [0.15, 0.2) is 42.5 Å². The SMILES string of the molecule is C[Si](C)(C)c1cc([I+]c2ccccc2)c([Si](C)(C)C)cc1OS(=O)(=O)C(F)(F)F. The number of halogens is 4. The van der Waals surface area contributed by atoms with Gasteiger partial charge >= 0.3 is 36.8 Å². The molecule has 0 radical (unpaired) electrons. The van der Waals surface area contributed by atoms with E-state index in [2.05, 4.69) is 23.8 Å². The average molecular weight is 574 g/mol. The Morgan fingerprint density at radius 3 is 1.83 bits per heavy atom. The number of hydrogen-bond donors (Lipinski definition) is 0. The first kappa shape index (κ1) is 24.4. The molecular weight excluding hydrogens is 548 g/mol. The zero-order valence-corrected chi connectivity index (χ0v) is 22.2. The lowest BCUT2D eigenvalue weighted by Gasteiger charge is -2.24. The van der Waals surface area contributed by atoms with Crippen molar-refractivity contribution < 1.29 is 47.0 Å². The van der Waals surface area contributed by atoms with Crippen LogP contribution in [0.3, 0.4) is 0 Å². The van der Waals surface area contributed by atoms with Gasteiger partial charge in [0.15, 0.2) is 7.14 Å². The van der Waals surface area contributed by atoms with Crippen molar-refractivity contribution in [2.75, 3.05) is 0 Å². The Morgan fingerprint density at radius 1 is 0.862 bits per heavy atom. The monoisotopic (exact) mass is 573 g/mol. The second-order valence-electron chi connectivity index (χ2n) is 8.70. The first-order valence-electron chi connectivity index (χ1n) is 8.92. The van der Waals surface area contributed by atoms with Crippen LogP contribution in [-0.2, 0) is 10.1 Å². The molecule has 0 aliphatic carbocycles.